The number of aromatic nitrogens is 4. The number of ether oxygens (including phenoxy) is 1. The third-order valence-electron chi connectivity index (χ3n) is 5.80. The highest BCUT2D eigenvalue weighted by Gasteiger charge is 2.12. The molecule has 34 heavy (non-hydrogen) atoms. The van der Waals surface area contributed by atoms with Crippen molar-refractivity contribution in [1.29, 1.82) is 0 Å². The van der Waals surface area contributed by atoms with Gasteiger partial charge in [0.15, 0.2) is 5.65 Å². The molecular formula is C26H23N5O3. The molecule has 0 spiro atoms. The average molecular weight is 454 g/mol. The van der Waals surface area contributed by atoms with Crippen molar-refractivity contribution in [3.63, 3.8) is 0 Å². The second-order valence-corrected chi connectivity index (χ2v) is 7.91. The highest BCUT2D eigenvalue weighted by molar-refractivity contribution is 5.94. The van der Waals surface area contributed by atoms with E-state index in [1.807, 2.05) is 24.3 Å². The number of carbonyl (C=O) groups is 1. The first kappa shape index (κ1) is 21.4. The Labute approximate surface area is 195 Å². The molecule has 0 atom stereocenters. The van der Waals surface area contributed by atoms with Crippen LogP contribution in [-0.4, -0.2) is 38.9 Å². The fourth-order valence-electron chi connectivity index (χ4n) is 4.01. The van der Waals surface area contributed by atoms with Gasteiger partial charge in [0.05, 0.1) is 26.4 Å². The molecule has 1 amide bonds. The molecule has 0 bridgehead atoms. The number of nitrogens with one attached hydrogen (secondary N) is 1. The largest absolute Gasteiger partial charge is 0.497 e. The van der Waals surface area contributed by atoms with Gasteiger partial charge in [-0.1, -0.05) is 42.5 Å². The molecule has 2 aromatic heterocycles. The van der Waals surface area contributed by atoms with Crippen molar-refractivity contribution in [3.8, 4) is 5.75 Å². The van der Waals surface area contributed by atoms with Gasteiger partial charge in [0, 0.05) is 12.1 Å². The van der Waals surface area contributed by atoms with Gasteiger partial charge in [-0.3, -0.25) is 14.2 Å². The van der Waals surface area contributed by atoms with E-state index in [2.05, 4.69) is 33.6 Å². The van der Waals surface area contributed by atoms with Crippen LogP contribution in [0.25, 0.3) is 21.8 Å². The molecule has 0 saturated heterocycles. The SMILES string of the molecule is COc1ccc(C(=O)NCCn2ncc3c(=O)n(Cc4cccc5ccccc45)cnc32)cc1. The van der Waals surface area contributed by atoms with Crippen LogP contribution in [-0.2, 0) is 13.1 Å². The molecular weight excluding hydrogens is 430 g/mol. The Morgan fingerprint density at radius 1 is 1.00 bits per heavy atom. The molecule has 170 valence electrons. The minimum atomic E-state index is -0.190. The number of benzene rings is 3. The fraction of sp³-hybridized carbons (Fsp3) is 0.154. The van der Waals surface area contributed by atoms with Crippen molar-refractivity contribution in [1.82, 2.24) is 24.6 Å². The summed E-state index contributed by atoms with van der Waals surface area (Å²) in [5, 5.41) is 9.87. The Hall–Kier alpha value is -4.46. The smallest absolute Gasteiger partial charge is 0.264 e. The normalized spacial score (nSPS) is 11.1. The lowest BCUT2D eigenvalue weighted by Gasteiger charge is -2.09. The van der Waals surface area contributed by atoms with Gasteiger partial charge in [-0.05, 0) is 40.6 Å². The van der Waals surface area contributed by atoms with Gasteiger partial charge < -0.3 is 10.1 Å². The summed E-state index contributed by atoms with van der Waals surface area (Å²) < 4.78 is 8.34. The van der Waals surface area contributed by atoms with E-state index < -0.39 is 0 Å². The maximum absolute atomic E-state index is 13.1. The maximum Gasteiger partial charge on any atom is 0.264 e. The first-order valence-corrected chi connectivity index (χ1v) is 10.9. The minimum absolute atomic E-state index is 0.147. The maximum atomic E-state index is 13.1. The molecule has 8 nitrogen and oxygen atoms in total. The molecule has 2 heterocycles. The van der Waals surface area contributed by atoms with Crippen LogP contribution in [0.15, 0.2) is 84.0 Å². The Morgan fingerprint density at radius 3 is 2.62 bits per heavy atom. The van der Waals surface area contributed by atoms with Crippen molar-refractivity contribution in [2.45, 2.75) is 13.1 Å². The first-order valence-electron chi connectivity index (χ1n) is 10.9. The van der Waals surface area contributed by atoms with Crippen molar-refractivity contribution >= 4 is 27.7 Å². The lowest BCUT2D eigenvalue weighted by molar-refractivity contribution is 0.0952. The monoisotopic (exact) mass is 453 g/mol. The topological polar surface area (TPSA) is 91.0 Å². The van der Waals surface area contributed by atoms with E-state index in [1.165, 1.54) is 6.20 Å². The van der Waals surface area contributed by atoms with Crippen LogP contribution in [0.4, 0.5) is 0 Å². The van der Waals surface area contributed by atoms with E-state index in [4.69, 9.17) is 4.74 Å². The molecule has 0 aliphatic rings. The van der Waals surface area contributed by atoms with Gasteiger partial charge in [-0.2, -0.15) is 5.10 Å². The third kappa shape index (κ3) is 4.13. The number of fused-ring (bicyclic) bond motifs is 2. The van der Waals surface area contributed by atoms with Crippen molar-refractivity contribution < 1.29 is 9.53 Å². The lowest BCUT2D eigenvalue weighted by Crippen LogP contribution is -2.27. The third-order valence-corrected chi connectivity index (χ3v) is 5.80. The molecule has 8 heteroatoms. The van der Waals surface area contributed by atoms with Gasteiger partial charge in [0.25, 0.3) is 11.5 Å². The van der Waals surface area contributed by atoms with Gasteiger partial charge in [0.1, 0.15) is 17.5 Å². The summed E-state index contributed by atoms with van der Waals surface area (Å²) in [5.41, 5.74) is 1.94. The summed E-state index contributed by atoms with van der Waals surface area (Å²) in [6, 6.07) is 21.1. The zero-order chi connectivity index (χ0) is 23.5. The zero-order valence-corrected chi connectivity index (χ0v) is 18.6. The van der Waals surface area contributed by atoms with Crippen LogP contribution in [0.5, 0.6) is 5.75 Å². The second kappa shape index (κ2) is 9.19. The second-order valence-electron chi connectivity index (χ2n) is 7.91. The predicted molar refractivity (Wildman–Crippen MR) is 130 cm³/mol. The Balaban J connectivity index is 1.30. The number of methoxy groups -OCH3 is 1. The summed E-state index contributed by atoms with van der Waals surface area (Å²) in [4.78, 5) is 29.9. The highest BCUT2D eigenvalue weighted by Crippen LogP contribution is 2.19. The number of hydrogen-bond donors (Lipinski definition) is 1. The number of rotatable bonds is 7. The summed E-state index contributed by atoms with van der Waals surface area (Å²) >= 11 is 0. The molecule has 0 saturated carbocycles. The molecule has 0 aliphatic carbocycles. The highest BCUT2D eigenvalue weighted by atomic mass is 16.5. The first-order chi connectivity index (χ1) is 16.6. The summed E-state index contributed by atoms with van der Waals surface area (Å²) in [5.74, 6) is 0.501. The summed E-state index contributed by atoms with van der Waals surface area (Å²) in [6.45, 7) is 1.17. The standard InChI is InChI=1S/C26H23N5O3/c1-34-21-11-9-19(10-12-21)25(32)27-13-14-31-24-23(15-29-31)26(33)30(17-28-24)16-20-7-4-6-18-5-2-3-8-22(18)20/h2-12,15,17H,13-14,16H2,1H3,(H,27,32). The lowest BCUT2D eigenvalue weighted by atomic mass is 10.0. The van der Waals surface area contributed by atoms with E-state index in [0.29, 0.717) is 42.0 Å². The molecule has 0 aliphatic heterocycles. The Morgan fingerprint density at radius 2 is 1.79 bits per heavy atom. The molecule has 3 aromatic carbocycles. The van der Waals surface area contributed by atoms with Crippen molar-refractivity contribution in [2.75, 3.05) is 13.7 Å². The van der Waals surface area contributed by atoms with Crippen molar-refractivity contribution in [3.05, 3.63) is 101 Å². The zero-order valence-electron chi connectivity index (χ0n) is 18.6. The quantitative estimate of drug-likeness (QED) is 0.409. The molecule has 5 rings (SSSR count). The van der Waals surface area contributed by atoms with E-state index in [-0.39, 0.29) is 11.5 Å². The molecule has 0 unspecified atom stereocenters. The van der Waals surface area contributed by atoms with E-state index in [9.17, 15) is 9.59 Å². The number of nitrogens with zero attached hydrogens (tertiary/aromatic N) is 4. The number of amides is 1. The fourth-order valence-corrected chi connectivity index (χ4v) is 4.01. The average Bonchev–Trinajstić information content (AvgIpc) is 3.29. The van der Waals surface area contributed by atoms with Crippen LogP contribution in [0.3, 0.4) is 0 Å². The molecule has 1 N–H and O–H groups in total. The van der Waals surface area contributed by atoms with E-state index in [1.54, 1.807) is 47.0 Å². The van der Waals surface area contributed by atoms with Crippen LogP contribution in [0.1, 0.15) is 15.9 Å². The molecule has 0 fully saturated rings. The minimum Gasteiger partial charge on any atom is -0.497 e. The van der Waals surface area contributed by atoms with Crippen molar-refractivity contribution in [2.24, 2.45) is 0 Å². The number of carbonyl (C=O) groups excluding carboxylic acids is 1. The van der Waals surface area contributed by atoms with Crippen LogP contribution >= 0.6 is 0 Å². The number of hydrogen-bond acceptors (Lipinski definition) is 5. The van der Waals surface area contributed by atoms with E-state index in [0.717, 1.165) is 16.3 Å². The van der Waals surface area contributed by atoms with Gasteiger partial charge >= 0.3 is 0 Å². The summed E-state index contributed by atoms with van der Waals surface area (Å²) in [7, 11) is 1.58. The predicted octanol–water partition coefficient (Wildman–Crippen LogP) is 3.23. The molecule has 5 aromatic rings. The van der Waals surface area contributed by atoms with Crippen LogP contribution < -0.4 is 15.6 Å². The van der Waals surface area contributed by atoms with Crippen LogP contribution in [0.2, 0.25) is 0 Å². The Bertz CT molecular complexity index is 1530. The van der Waals surface area contributed by atoms with Gasteiger partial charge in [0.2, 0.25) is 0 Å². The summed E-state index contributed by atoms with van der Waals surface area (Å²) in [6.07, 6.45) is 3.09. The molecule has 0 radical (unpaired) electrons. The van der Waals surface area contributed by atoms with Crippen LogP contribution in [0, 0.1) is 0 Å². The van der Waals surface area contributed by atoms with Gasteiger partial charge in [-0.15, -0.1) is 0 Å². The van der Waals surface area contributed by atoms with E-state index >= 15 is 0 Å². The Kier molecular flexibility index (Phi) is 5.78. The van der Waals surface area contributed by atoms with Gasteiger partial charge in [-0.25, -0.2) is 9.67 Å².